The maximum absolute atomic E-state index is 11.7. The van der Waals surface area contributed by atoms with Gasteiger partial charge in [-0.25, -0.2) is 8.42 Å². The van der Waals surface area contributed by atoms with Crippen molar-refractivity contribution in [3.63, 3.8) is 0 Å². The Labute approximate surface area is 95.4 Å². The molecule has 1 aliphatic rings. The van der Waals surface area contributed by atoms with Crippen molar-refractivity contribution in [3.8, 4) is 0 Å². The molecule has 2 rings (SSSR count). The van der Waals surface area contributed by atoms with Gasteiger partial charge in [-0.3, -0.25) is 4.79 Å². The minimum Gasteiger partial charge on any atom is -0.298 e. The van der Waals surface area contributed by atoms with Gasteiger partial charge in [0.15, 0.2) is 15.6 Å². The first-order chi connectivity index (χ1) is 7.57. The Bertz CT molecular complexity index is 472. The highest BCUT2D eigenvalue weighted by Gasteiger charge is 2.32. The van der Waals surface area contributed by atoms with Crippen molar-refractivity contribution in [2.45, 2.75) is 18.6 Å². The summed E-state index contributed by atoms with van der Waals surface area (Å²) in [7, 11) is -3.29. The fraction of sp³-hybridized carbons (Fsp3) is 0.417. The van der Waals surface area contributed by atoms with Crippen LogP contribution in [0.25, 0.3) is 0 Å². The average molecular weight is 238 g/mol. The van der Waals surface area contributed by atoms with Crippen LogP contribution in [0.2, 0.25) is 0 Å². The number of ketones is 1. The third kappa shape index (κ3) is 3.17. The maximum Gasteiger partial charge on any atom is 0.161 e. The summed E-state index contributed by atoms with van der Waals surface area (Å²) >= 11 is 0. The number of sulfone groups is 1. The smallest absolute Gasteiger partial charge is 0.161 e. The van der Waals surface area contributed by atoms with Crippen LogP contribution < -0.4 is 0 Å². The van der Waals surface area contributed by atoms with E-state index in [9.17, 15) is 13.2 Å². The standard InChI is InChI=1S/C12H14O3S/c13-12(11-6-7-11)9-16(14,15)8-10-4-2-1-3-5-10/h1-5,11H,6-9H2. The molecule has 1 aromatic rings. The quantitative estimate of drug-likeness (QED) is 0.782. The summed E-state index contributed by atoms with van der Waals surface area (Å²) < 4.78 is 23.4. The molecule has 1 saturated carbocycles. The number of hydrogen-bond donors (Lipinski definition) is 0. The largest absolute Gasteiger partial charge is 0.298 e. The van der Waals surface area contributed by atoms with Crippen LogP contribution in [0.4, 0.5) is 0 Å². The number of hydrogen-bond acceptors (Lipinski definition) is 3. The van der Waals surface area contributed by atoms with Gasteiger partial charge in [0, 0.05) is 5.92 Å². The van der Waals surface area contributed by atoms with Crippen molar-refractivity contribution in [3.05, 3.63) is 35.9 Å². The molecule has 0 unspecified atom stereocenters. The SMILES string of the molecule is O=C(CS(=O)(=O)Cc1ccccc1)C1CC1. The highest BCUT2D eigenvalue weighted by Crippen LogP contribution is 2.30. The molecular weight excluding hydrogens is 224 g/mol. The van der Waals surface area contributed by atoms with Crippen molar-refractivity contribution in [1.29, 1.82) is 0 Å². The second kappa shape index (κ2) is 4.37. The van der Waals surface area contributed by atoms with Crippen molar-refractivity contribution < 1.29 is 13.2 Å². The fourth-order valence-electron chi connectivity index (χ4n) is 1.62. The van der Waals surface area contributed by atoms with Gasteiger partial charge in [-0.1, -0.05) is 30.3 Å². The van der Waals surface area contributed by atoms with E-state index in [2.05, 4.69) is 0 Å². The van der Waals surface area contributed by atoms with Crippen LogP contribution in [0.1, 0.15) is 18.4 Å². The zero-order chi connectivity index (χ0) is 11.6. The van der Waals surface area contributed by atoms with Crippen molar-refractivity contribution in [1.82, 2.24) is 0 Å². The molecule has 0 radical (unpaired) electrons. The Morgan fingerprint density at radius 2 is 1.81 bits per heavy atom. The van der Waals surface area contributed by atoms with Gasteiger partial charge in [-0.2, -0.15) is 0 Å². The van der Waals surface area contributed by atoms with E-state index < -0.39 is 9.84 Å². The Hall–Kier alpha value is -1.16. The second-order valence-corrected chi connectivity index (χ2v) is 6.32. The third-order valence-corrected chi connectivity index (χ3v) is 4.12. The van der Waals surface area contributed by atoms with Crippen LogP contribution in [-0.4, -0.2) is 20.0 Å². The van der Waals surface area contributed by atoms with E-state index >= 15 is 0 Å². The molecule has 1 aliphatic carbocycles. The summed E-state index contributed by atoms with van der Waals surface area (Å²) in [6, 6.07) is 8.96. The van der Waals surface area contributed by atoms with Gasteiger partial charge in [0.25, 0.3) is 0 Å². The molecule has 0 heterocycles. The number of carbonyl (C=O) groups excluding carboxylic acids is 1. The third-order valence-electron chi connectivity index (χ3n) is 2.62. The normalized spacial score (nSPS) is 16.0. The Kier molecular flexibility index (Phi) is 3.10. The summed E-state index contributed by atoms with van der Waals surface area (Å²) in [6.07, 6.45) is 1.72. The van der Waals surface area contributed by atoms with Gasteiger partial charge in [-0.05, 0) is 18.4 Å². The highest BCUT2D eigenvalue weighted by molar-refractivity contribution is 7.91. The molecule has 0 aromatic heterocycles. The predicted molar refractivity (Wildman–Crippen MR) is 61.7 cm³/mol. The van der Waals surface area contributed by atoms with E-state index in [-0.39, 0.29) is 23.2 Å². The van der Waals surface area contributed by atoms with Crippen LogP contribution >= 0.6 is 0 Å². The summed E-state index contributed by atoms with van der Waals surface area (Å²) in [5, 5.41) is 0. The lowest BCUT2D eigenvalue weighted by Crippen LogP contribution is -2.18. The highest BCUT2D eigenvalue weighted by atomic mass is 32.2. The molecule has 0 amide bonds. The molecule has 0 N–H and O–H groups in total. The molecule has 86 valence electrons. The van der Waals surface area contributed by atoms with Gasteiger partial charge in [-0.15, -0.1) is 0 Å². The van der Waals surface area contributed by atoms with E-state index in [1.807, 2.05) is 6.07 Å². The first kappa shape index (κ1) is 11.3. The summed E-state index contributed by atoms with van der Waals surface area (Å²) in [5.41, 5.74) is 0.742. The van der Waals surface area contributed by atoms with Gasteiger partial charge < -0.3 is 0 Å². The van der Waals surface area contributed by atoms with Crippen LogP contribution in [-0.2, 0) is 20.4 Å². The van der Waals surface area contributed by atoms with E-state index in [0.29, 0.717) is 0 Å². The summed E-state index contributed by atoms with van der Waals surface area (Å²) in [6.45, 7) is 0. The number of Topliss-reactive ketones (excluding diaryl/α,β-unsaturated/α-hetero) is 1. The molecule has 0 aliphatic heterocycles. The van der Waals surface area contributed by atoms with Crippen molar-refractivity contribution in [2.75, 3.05) is 5.75 Å². The molecule has 0 saturated heterocycles. The monoisotopic (exact) mass is 238 g/mol. The molecule has 3 nitrogen and oxygen atoms in total. The maximum atomic E-state index is 11.7. The summed E-state index contributed by atoms with van der Waals surface area (Å²) in [5.74, 6) is -0.430. The van der Waals surface area contributed by atoms with Crippen LogP contribution in [0.15, 0.2) is 30.3 Å². The molecule has 4 heteroatoms. The number of benzene rings is 1. The second-order valence-electron chi connectivity index (χ2n) is 4.26. The zero-order valence-electron chi connectivity index (χ0n) is 8.93. The Balaban J connectivity index is 2.00. The zero-order valence-corrected chi connectivity index (χ0v) is 9.74. The number of carbonyl (C=O) groups is 1. The first-order valence-corrected chi connectivity index (χ1v) is 7.16. The van der Waals surface area contributed by atoms with E-state index in [0.717, 1.165) is 18.4 Å². The minimum atomic E-state index is -3.29. The lowest BCUT2D eigenvalue weighted by atomic mass is 10.2. The van der Waals surface area contributed by atoms with Gasteiger partial charge in [0.1, 0.15) is 5.75 Å². The van der Waals surface area contributed by atoms with Crippen LogP contribution in [0.5, 0.6) is 0 Å². The molecule has 16 heavy (non-hydrogen) atoms. The Morgan fingerprint density at radius 3 is 2.38 bits per heavy atom. The molecule has 1 aromatic carbocycles. The minimum absolute atomic E-state index is 0.0190. The topological polar surface area (TPSA) is 51.2 Å². The lowest BCUT2D eigenvalue weighted by molar-refractivity contribution is -0.117. The fourth-order valence-corrected chi connectivity index (χ4v) is 3.09. The van der Waals surface area contributed by atoms with Gasteiger partial charge in [0.05, 0.1) is 5.75 Å². The van der Waals surface area contributed by atoms with Crippen molar-refractivity contribution >= 4 is 15.6 Å². The number of rotatable bonds is 5. The Morgan fingerprint density at radius 1 is 1.19 bits per heavy atom. The average Bonchev–Trinajstić information content (AvgIpc) is 3.00. The van der Waals surface area contributed by atoms with E-state index in [1.165, 1.54) is 0 Å². The molecule has 0 bridgehead atoms. The van der Waals surface area contributed by atoms with E-state index in [1.54, 1.807) is 24.3 Å². The first-order valence-electron chi connectivity index (χ1n) is 5.34. The molecule has 1 fully saturated rings. The van der Waals surface area contributed by atoms with Crippen LogP contribution in [0.3, 0.4) is 0 Å². The molecular formula is C12H14O3S. The molecule has 0 atom stereocenters. The van der Waals surface area contributed by atoms with E-state index in [4.69, 9.17) is 0 Å². The van der Waals surface area contributed by atoms with Crippen molar-refractivity contribution in [2.24, 2.45) is 5.92 Å². The van der Waals surface area contributed by atoms with Gasteiger partial charge >= 0.3 is 0 Å². The summed E-state index contributed by atoms with van der Waals surface area (Å²) in [4.78, 5) is 11.4. The van der Waals surface area contributed by atoms with Crippen LogP contribution in [0, 0.1) is 5.92 Å². The van der Waals surface area contributed by atoms with Gasteiger partial charge in [0.2, 0.25) is 0 Å². The predicted octanol–water partition coefficient (Wildman–Crippen LogP) is 1.58. The lowest BCUT2D eigenvalue weighted by Gasteiger charge is -2.03. The molecule has 0 spiro atoms.